The lowest BCUT2D eigenvalue weighted by Gasteiger charge is -2.08. The van der Waals surface area contributed by atoms with Gasteiger partial charge in [-0.15, -0.1) is 5.10 Å². The van der Waals surface area contributed by atoms with Gasteiger partial charge in [0.05, 0.1) is 11.8 Å². The highest BCUT2D eigenvalue weighted by atomic mass is 32.2. The zero-order valence-electron chi connectivity index (χ0n) is 11.7. The van der Waals surface area contributed by atoms with E-state index >= 15 is 0 Å². The molecule has 1 fully saturated rings. The number of rotatable bonds is 6. The Morgan fingerprint density at radius 1 is 1.33 bits per heavy atom. The van der Waals surface area contributed by atoms with E-state index in [1.54, 1.807) is 40.7 Å². The highest BCUT2D eigenvalue weighted by Gasteiger charge is 2.15. The van der Waals surface area contributed by atoms with Gasteiger partial charge in [-0.3, -0.25) is 0 Å². The molecule has 1 saturated heterocycles. The molecule has 2 aromatic rings. The van der Waals surface area contributed by atoms with Crippen LogP contribution in [0.3, 0.4) is 0 Å². The van der Waals surface area contributed by atoms with Crippen LogP contribution in [0.15, 0.2) is 29.4 Å². The first-order chi connectivity index (χ1) is 10.3. The largest absolute Gasteiger partial charge is 0.508 e. The van der Waals surface area contributed by atoms with Crippen molar-refractivity contribution in [3.05, 3.63) is 24.3 Å². The average Bonchev–Trinajstić information content (AvgIpc) is 3.16. The Morgan fingerprint density at radius 2 is 2.19 bits per heavy atom. The van der Waals surface area contributed by atoms with Crippen molar-refractivity contribution in [1.82, 2.24) is 20.2 Å². The quantitative estimate of drug-likeness (QED) is 0.652. The summed E-state index contributed by atoms with van der Waals surface area (Å²) in [5.74, 6) is 1.20. The minimum absolute atomic E-state index is 0.234. The summed E-state index contributed by atoms with van der Waals surface area (Å²) >= 11 is 1.64. The molecular formula is C14H18N4O2S. The molecule has 1 unspecified atom stereocenters. The van der Waals surface area contributed by atoms with Gasteiger partial charge in [0, 0.05) is 12.4 Å². The molecule has 0 spiro atoms. The number of ether oxygens (including phenoxy) is 1. The molecule has 1 atom stereocenters. The zero-order valence-corrected chi connectivity index (χ0v) is 12.5. The second-order valence-electron chi connectivity index (χ2n) is 5.02. The van der Waals surface area contributed by atoms with E-state index in [0.29, 0.717) is 6.10 Å². The number of aromatic nitrogens is 4. The van der Waals surface area contributed by atoms with Crippen LogP contribution in [0.25, 0.3) is 5.69 Å². The summed E-state index contributed by atoms with van der Waals surface area (Å²) in [5, 5.41) is 21.9. The first-order valence-electron chi connectivity index (χ1n) is 7.15. The van der Waals surface area contributed by atoms with Gasteiger partial charge < -0.3 is 9.84 Å². The number of hydrogen-bond acceptors (Lipinski definition) is 6. The molecule has 0 bridgehead atoms. The van der Waals surface area contributed by atoms with Crippen LogP contribution in [0.4, 0.5) is 0 Å². The molecule has 112 valence electrons. The van der Waals surface area contributed by atoms with Crippen LogP contribution in [0.1, 0.15) is 25.7 Å². The number of aromatic hydroxyl groups is 1. The highest BCUT2D eigenvalue weighted by Crippen LogP contribution is 2.23. The maximum absolute atomic E-state index is 9.32. The lowest BCUT2D eigenvalue weighted by molar-refractivity contribution is 0.104. The third-order valence-electron chi connectivity index (χ3n) is 3.46. The minimum atomic E-state index is 0.234. The van der Waals surface area contributed by atoms with Crippen LogP contribution < -0.4 is 0 Å². The highest BCUT2D eigenvalue weighted by molar-refractivity contribution is 7.99. The van der Waals surface area contributed by atoms with E-state index in [9.17, 15) is 5.11 Å². The fourth-order valence-electron chi connectivity index (χ4n) is 2.37. The van der Waals surface area contributed by atoms with Gasteiger partial charge in [-0.1, -0.05) is 11.8 Å². The normalized spacial score (nSPS) is 18.2. The summed E-state index contributed by atoms with van der Waals surface area (Å²) in [4.78, 5) is 0. The van der Waals surface area contributed by atoms with Gasteiger partial charge in [0.15, 0.2) is 0 Å². The SMILES string of the molecule is Oc1ccc(-n2nnnc2SCCCC2CCCO2)cc1. The molecule has 1 aromatic carbocycles. The van der Waals surface area contributed by atoms with E-state index in [4.69, 9.17) is 4.74 Å². The molecule has 0 amide bonds. The van der Waals surface area contributed by atoms with Crippen molar-refractivity contribution in [3.63, 3.8) is 0 Å². The Balaban J connectivity index is 1.54. The maximum atomic E-state index is 9.32. The number of thioether (sulfide) groups is 1. The molecule has 6 nitrogen and oxygen atoms in total. The molecule has 3 rings (SSSR count). The van der Waals surface area contributed by atoms with E-state index < -0.39 is 0 Å². The molecular weight excluding hydrogens is 288 g/mol. The predicted molar refractivity (Wildman–Crippen MR) is 79.8 cm³/mol. The molecule has 1 aliphatic heterocycles. The van der Waals surface area contributed by atoms with Gasteiger partial charge in [0.2, 0.25) is 5.16 Å². The van der Waals surface area contributed by atoms with Crippen molar-refractivity contribution < 1.29 is 9.84 Å². The van der Waals surface area contributed by atoms with Gasteiger partial charge in [-0.05, 0) is 60.4 Å². The van der Waals surface area contributed by atoms with Crippen molar-refractivity contribution >= 4 is 11.8 Å². The monoisotopic (exact) mass is 306 g/mol. The molecule has 1 aliphatic rings. The van der Waals surface area contributed by atoms with Crippen LogP contribution in [0, 0.1) is 0 Å². The maximum Gasteiger partial charge on any atom is 0.214 e. The lowest BCUT2D eigenvalue weighted by atomic mass is 10.1. The smallest absolute Gasteiger partial charge is 0.214 e. The van der Waals surface area contributed by atoms with Crippen molar-refractivity contribution in [2.24, 2.45) is 0 Å². The first-order valence-corrected chi connectivity index (χ1v) is 8.14. The van der Waals surface area contributed by atoms with E-state index in [2.05, 4.69) is 15.5 Å². The molecule has 21 heavy (non-hydrogen) atoms. The van der Waals surface area contributed by atoms with Crippen molar-refractivity contribution in [1.29, 1.82) is 0 Å². The van der Waals surface area contributed by atoms with Crippen LogP contribution in [-0.4, -0.2) is 43.8 Å². The van der Waals surface area contributed by atoms with Crippen LogP contribution in [-0.2, 0) is 4.74 Å². The molecule has 1 N–H and O–H groups in total. The Bertz CT molecular complexity index is 567. The van der Waals surface area contributed by atoms with Gasteiger partial charge in [-0.2, -0.15) is 4.68 Å². The standard InChI is InChI=1S/C14H18N4O2S/c19-12-7-5-11(6-8-12)18-14(15-16-17-18)21-10-2-4-13-3-1-9-20-13/h5-8,13,19H,1-4,9-10H2. The van der Waals surface area contributed by atoms with Gasteiger partial charge >= 0.3 is 0 Å². The lowest BCUT2D eigenvalue weighted by Crippen LogP contribution is -2.05. The van der Waals surface area contributed by atoms with Crippen molar-refractivity contribution in [2.45, 2.75) is 36.9 Å². The number of nitrogens with zero attached hydrogens (tertiary/aromatic N) is 4. The first kappa shape index (κ1) is 14.3. The number of phenols is 1. The number of tetrazole rings is 1. The van der Waals surface area contributed by atoms with Crippen LogP contribution in [0.2, 0.25) is 0 Å². The third kappa shape index (κ3) is 3.74. The summed E-state index contributed by atoms with van der Waals surface area (Å²) in [6.45, 7) is 0.914. The molecule has 0 radical (unpaired) electrons. The van der Waals surface area contributed by atoms with E-state index in [0.717, 1.165) is 36.0 Å². The van der Waals surface area contributed by atoms with E-state index in [1.807, 2.05) is 0 Å². The second-order valence-corrected chi connectivity index (χ2v) is 6.08. The minimum Gasteiger partial charge on any atom is -0.508 e. The summed E-state index contributed by atoms with van der Waals surface area (Å²) in [5.41, 5.74) is 0.847. The Morgan fingerprint density at radius 3 is 2.95 bits per heavy atom. The number of hydrogen-bond donors (Lipinski definition) is 1. The van der Waals surface area contributed by atoms with Crippen molar-refractivity contribution in [2.75, 3.05) is 12.4 Å². The molecule has 0 saturated carbocycles. The van der Waals surface area contributed by atoms with Crippen LogP contribution >= 0.6 is 11.8 Å². The zero-order chi connectivity index (χ0) is 14.5. The average molecular weight is 306 g/mol. The summed E-state index contributed by atoms with van der Waals surface area (Å²) in [6.07, 6.45) is 5.02. The Hall–Kier alpha value is -1.60. The van der Waals surface area contributed by atoms with Gasteiger partial charge in [-0.25, -0.2) is 0 Å². The molecule has 0 aliphatic carbocycles. The Kier molecular flexibility index (Phi) is 4.72. The Labute approximate surface area is 127 Å². The fraction of sp³-hybridized carbons (Fsp3) is 0.500. The topological polar surface area (TPSA) is 73.1 Å². The van der Waals surface area contributed by atoms with Gasteiger partial charge in [0.25, 0.3) is 0 Å². The van der Waals surface area contributed by atoms with Crippen molar-refractivity contribution in [3.8, 4) is 11.4 Å². The summed E-state index contributed by atoms with van der Waals surface area (Å²) in [6, 6.07) is 6.84. The summed E-state index contributed by atoms with van der Waals surface area (Å²) < 4.78 is 7.31. The third-order valence-corrected chi connectivity index (χ3v) is 4.47. The predicted octanol–water partition coefficient (Wildman–Crippen LogP) is 2.42. The molecule has 1 aromatic heterocycles. The van der Waals surface area contributed by atoms with Gasteiger partial charge in [0.1, 0.15) is 5.75 Å². The van der Waals surface area contributed by atoms with E-state index in [-0.39, 0.29) is 5.75 Å². The fourth-order valence-corrected chi connectivity index (χ4v) is 3.22. The molecule has 7 heteroatoms. The number of benzene rings is 1. The number of phenolic OH excluding ortho intramolecular Hbond substituents is 1. The molecule has 2 heterocycles. The second kappa shape index (κ2) is 6.91. The van der Waals surface area contributed by atoms with E-state index in [1.165, 1.54) is 12.8 Å². The summed E-state index contributed by atoms with van der Waals surface area (Å²) in [7, 11) is 0. The van der Waals surface area contributed by atoms with Crippen LogP contribution in [0.5, 0.6) is 5.75 Å².